The summed E-state index contributed by atoms with van der Waals surface area (Å²) < 4.78 is 0. The number of aliphatic hydroxyl groups excluding tert-OH is 1. The monoisotopic (exact) mass is 348 g/mol. The van der Waals surface area contributed by atoms with E-state index < -0.39 is 66.7 Å². The number of carboxylic acid groups (broad SMARTS) is 2. The van der Waals surface area contributed by atoms with Crippen LogP contribution in [0.15, 0.2) is 0 Å². The molecular formula is C12H20N4O8. The minimum absolute atomic E-state index is 0.677. The third-order valence-corrected chi connectivity index (χ3v) is 2.82. The molecule has 0 fully saturated rings. The summed E-state index contributed by atoms with van der Waals surface area (Å²) in [5, 5.41) is 30.7. The molecule has 4 atom stereocenters. The molecule has 9 N–H and O–H groups in total. The maximum Gasteiger partial charge on any atom is 0.328 e. The molecule has 0 aliphatic heterocycles. The van der Waals surface area contributed by atoms with Crippen molar-refractivity contribution in [2.45, 2.75) is 44.0 Å². The Hall–Kier alpha value is -2.73. The zero-order valence-corrected chi connectivity index (χ0v) is 12.8. The molecule has 0 aliphatic carbocycles. The summed E-state index contributed by atoms with van der Waals surface area (Å²) in [6, 6.07) is -4.74. The Morgan fingerprint density at radius 3 is 1.92 bits per heavy atom. The number of carboxylic acids is 2. The molecular weight excluding hydrogens is 328 g/mol. The molecule has 136 valence electrons. The van der Waals surface area contributed by atoms with Crippen molar-refractivity contribution in [2.75, 3.05) is 0 Å². The molecule has 12 heteroatoms. The van der Waals surface area contributed by atoms with E-state index >= 15 is 0 Å². The first kappa shape index (κ1) is 21.3. The fourth-order valence-corrected chi connectivity index (χ4v) is 1.61. The molecule has 24 heavy (non-hydrogen) atoms. The maximum atomic E-state index is 12.0. The van der Waals surface area contributed by atoms with Crippen molar-refractivity contribution in [1.29, 1.82) is 0 Å². The second-order valence-corrected chi connectivity index (χ2v) is 5.00. The van der Waals surface area contributed by atoms with Crippen molar-refractivity contribution in [3.63, 3.8) is 0 Å². The highest BCUT2D eigenvalue weighted by Gasteiger charge is 2.31. The number of amides is 3. The first-order valence-electron chi connectivity index (χ1n) is 6.73. The van der Waals surface area contributed by atoms with Crippen molar-refractivity contribution in [1.82, 2.24) is 10.6 Å². The average Bonchev–Trinajstić information content (AvgIpc) is 2.41. The molecule has 0 saturated heterocycles. The van der Waals surface area contributed by atoms with Gasteiger partial charge in [0.15, 0.2) is 6.04 Å². The fourth-order valence-electron chi connectivity index (χ4n) is 1.61. The van der Waals surface area contributed by atoms with Gasteiger partial charge in [-0.15, -0.1) is 0 Å². The lowest BCUT2D eigenvalue weighted by atomic mass is 10.1. The van der Waals surface area contributed by atoms with E-state index in [9.17, 15) is 29.1 Å². The number of aliphatic carboxylic acids is 2. The predicted molar refractivity (Wildman–Crippen MR) is 77.2 cm³/mol. The summed E-state index contributed by atoms with van der Waals surface area (Å²) in [5.41, 5.74) is 10.3. The van der Waals surface area contributed by atoms with E-state index in [1.54, 1.807) is 0 Å². The molecule has 0 saturated carbocycles. The number of primary amides is 1. The van der Waals surface area contributed by atoms with Crippen LogP contribution in [0.25, 0.3) is 0 Å². The number of hydrogen-bond acceptors (Lipinski definition) is 7. The summed E-state index contributed by atoms with van der Waals surface area (Å²) in [7, 11) is 0. The quantitative estimate of drug-likeness (QED) is 0.204. The van der Waals surface area contributed by atoms with Gasteiger partial charge >= 0.3 is 11.9 Å². The Morgan fingerprint density at radius 1 is 1.00 bits per heavy atom. The number of carbonyl (C=O) groups excluding carboxylic acids is 3. The molecule has 0 bridgehead atoms. The van der Waals surface area contributed by atoms with Crippen LogP contribution in [-0.4, -0.2) is 69.2 Å². The number of nitrogens with one attached hydrogen (secondary N) is 2. The molecule has 0 spiro atoms. The molecule has 0 aliphatic rings. The normalized spacial score (nSPS) is 15.5. The van der Waals surface area contributed by atoms with Crippen LogP contribution in [0.1, 0.15) is 19.8 Å². The molecule has 0 aromatic heterocycles. The third kappa shape index (κ3) is 7.51. The lowest BCUT2D eigenvalue weighted by molar-refractivity contribution is -0.145. The van der Waals surface area contributed by atoms with Crippen LogP contribution in [0, 0.1) is 0 Å². The Bertz CT molecular complexity index is 521. The number of hydrogen-bond donors (Lipinski definition) is 7. The second kappa shape index (κ2) is 9.42. The zero-order valence-electron chi connectivity index (χ0n) is 12.8. The minimum Gasteiger partial charge on any atom is -0.481 e. The molecule has 0 aromatic rings. The van der Waals surface area contributed by atoms with Crippen molar-refractivity contribution in [3.05, 3.63) is 0 Å². The van der Waals surface area contributed by atoms with Gasteiger partial charge in [-0.3, -0.25) is 19.2 Å². The lowest BCUT2D eigenvalue weighted by Gasteiger charge is -2.23. The Kier molecular flexibility index (Phi) is 8.35. The van der Waals surface area contributed by atoms with Gasteiger partial charge in [0.25, 0.3) is 0 Å². The van der Waals surface area contributed by atoms with Crippen LogP contribution in [-0.2, 0) is 24.0 Å². The lowest BCUT2D eigenvalue weighted by Crippen LogP contribution is -2.57. The smallest absolute Gasteiger partial charge is 0.328 e. The van der Waals surface area contributed by atoms with Gasteiger partial charge in [0.1, 0.15) is 6.04 Å². The van der Waals surface area contributed by atoms with Crippen molar-refractivity contribution in [2.24, 2.45) is 11.5 Å². The first-order valence-corrected chi connectivity index (χ1v) is 6.73. The first-order chi connectivity index (χ1) is 11.0. The number of nitrogens with two attached hydrogens (primary N) is 2. The van der Waals surface area contributed by atoms with Crippen molar-refractivity contribution >= 4 is 29.7 Å². The Balaban J connectivity index is 5.08. The van der Waals surface area contributed by atoms with E-state index in [0.29, 0.717) is 0 Å². The SMILES string of the molecule is CC(O)C(NC(=O)C(CC(N)=O)NC(=O)C(N)CC(=O)O)C(=O)O. The van der Waals surface area contributed by atoms with Gasteiger partial charge in [-0.2, -0.15) is 0 Å². The summed E-state index contributed by atoms with van der Waals surface area (Å²) >= 11 is 0. The van der Waals surface area contributed by atoms with Gasteiger partial charge in [-0.1, -0.05) is 0 Å². The molecule has 0 radical (unpaired) electrons. The topological polar surface area (TPSA) is 222 Å². The Morgan fingerprint density at radius 2 is 1.54 bits per heavy atom. The number of rotatable bonds is 10. The average molecular weight is 348 g/mol. The third-order valence-electron chi connectivity index (χ3n) is 2.82. The molecule has 12 nitrogen and oxygen atoms in total. The zero-order chi connectivity index (χ0) is 19.0. The van der Waals surface area contributed by atoms with E-state index in [0.717, 1.165) is 6.92 Å². The standard InChI is InChI=1S/C12H20N4O8/c1-4(17)9(12(23)24)16-11(22)6(3-7(14)18)15-10(21)5(13)2-8(19)20/h4-6,9,17H,2-3,13H2,1H3,(H2,14,18)(H,15,21)(H,16,22)(H,19,20)(H,23,24). The van der Waals surface area contributed by atoms with E-state index in [1.807, 2.05) is 10.6 Å². The van der Waals surface area contributed by atoms with E-state index in [1.165, 1.54) is 0 Å². The van der Waals surface area contributed by atoms with Gasteiger partial charge in [0, 0.05) is 0 Å². The maximum absolute atomic E-state index is 12.0. The fraction of sp³-hybridized carbons (Fsp3) is 0.583. The highest BCUT2D eigenvalue weighted by molar-refractivity contribution is 5.95. The van der Waals surface area contributed by atoms with Crippen LogP contribution in [0.4, 0.5) is 0 Å². The number of aliphatic hydroxyl groups is 1. The minimum atomic E-state index is -1.68. The van der Waals surface area contributed by atoms with E-state index in [2.05, 4.69) is 0 Å². The van der Waals surface area contributed by atoms with Crippen molar-refractivity contribution in [3.8, 4) is 0 Å². The summed E-state index contributed by atoms with van der Waals surface area (Å²) in [6.45, 7) is 1.11. The van der Waals surface area contributed by atoms with Crippen molar-refractivity contribution < 1.29 is 39.3 Å². The summed E-state index contributed by atoms with van der Waals surface area (Å²) in [6.07, 6.45) is -2.85. The summed E-state index contributed by atoms with van der Waals surface area (Å²) in [4.78, 5) is 56.2. The van der Waals surface area contributed by atoms with Crippen LogP contribution >= 0.6 is 0 Å². The van der Waals surface area contributed by atoms with Crippen LogP contribution < -0.4 is 22.1 Å². The predicted octanol–water partition coefficient (Wildman–Crippen LogP) is -3.90. The molecule has 3 amide bonds. The van der Waals surface area contributed by atoms with E-state index in [-0.39, 0.29) is 0 Å². The van der Waals surface area contributed by atoms with Gasteiger partial charge in [-0.25, -0.2) is 4.79 Å². The van der Waals surface area contributed by atoms with Crippen LogP contribution in [0.5, 0.6) is 0 Å². The van der Waals surface area contributed by atoms with Crippen LogP contribution in [0.2, 0.25) is 0 Å². The molecule has 0 rings (SSSR count). The number of carbonyl (C=O) groups is 5. The van der Waals surface area contributed by atoms with Gasteiger partial charge in [0.2, 0.25) is 17.7 Å². The van der Waals surface area contributed by atoms with Gasteiger partial charge < -0.3 is 37.4 Å². The highest BCUT2D eigenvalue weighted by atomic mass is 16.4. The highest BCUT2D eigenvalue weighted by Crippen LogP contribution is 1.99. The summed E-state index contributed by atoms with van der Waals surface area (Å²) in [5.74, 6) is -6.01. The van der Waals surface area contributed by atoms with Crippen LogP contribution in [0.3, 0.4) is 0 Å². The molecule has 0 heterocycles. The largest absolute Gasteiger partial charge is 0.481 e. The van der Waals surface area contributed by atoms with E-state index in [4.69, 9.17) is 21.7 Å². The van der Waals surface area contributed by atoms with Gasteiger partial charge in [-0.05, 0) is 6.92 Å². The molecule has 0 aromatic carbocycles. The molecule has 4 unspecified atom stereocenters. The van der Waals surface area contributed by atoms with Gasteiger partial charge in [0.05, 0.1) is 25.0 Å². The second-order valence-electron chi connectivity index (χ2n) is 5.00. The Labute approximate surface area is 136 Å².